The van der Waals surface area contributed by atoms with Gasteiger partial charge in [-0.25, -0.2) is 28.4 Å². The summed E-state index contributed by atoms with van der Waals surface area (Å²) in [5.41, 5.74) is 2.26. The van der Waals surface area contributed by atoms with Crippen LogP contribution in [0.2, 0.25) is 0 Å². The average molecular weight is 524 g/mol. The van der Waals surface area contributed by atoms with Gasteiger partial charge in [0.05, 0.1) is 18.2 Å². The Morgan fingerprint density at radius 1 is 1.14 bits per heavy atom. The second-order valence-corrected chi connectivity index (χ2v) is 11.8. The van der Waals surface area contributed by atoms with Crippen LogP contribution >= 0.6 is 0 Å². The number of sulfonamides is 1. The van der Waals surface area contributed by atoms with Crippen molar-refractivity contribution in [3.05, 3.63) is 26.9 Å². The molecule has 0 bridgehead atoms. The number of aromatic amines is 1. The van der Waals surface area contributed by atoms with Crippen LogP contribution < -0.4 is 26.1 Å². The third-order valence-corrected chi connectivity index (χ3v) is 8.22. The Morgan fingerprint density at radius 3 is 2.46 bits per heavy atom. The van der Waals surface area contributed by atoms with E-state index in [2.05, 4.69) is 20.1 Å². The van der Waals surface area contributed by atoms with E-state index in [4.69, 9.17) is 4.74 Å². The van der Waals surface area contributed by atoms with Gasteiger partial charge in [-0.15, -0.1) is 0 Å². The molecule has 0 amide bonds. The summed E-state index contributed by atoms with van der Waals surface area (Å²) < 4.78 is 72.6. The number of nitrogens with zero attached hydrogens (tertiary/aromatic N) is 2. The molecule has 10 nitrogen and oxygen atoms in total. The van der Waals surface area contributed by atoms with E-state index in [1.54, 1.807) is 0 Å². The topological polar surface area (TPSA) is 126 Å². The molecule has 14 heteroatoms. The van der Waals surface area contributed by atoms with Crippen molar-refractivity contribution >= 4 is 10.0 Å². The SMILES string of the molecule is Cn1c(OC2CCC3C(C2)C(CNS(C)(=O)=O)NN3C2CCC(C(F)(F)F)CC2)cc(=O)[nH]c1=O. The monoisotopic (exact) mass is 523 g/mol. The zero-order valence-corrected chi connectivity index (χ0v) is 20.5. The van der Waals surface area contributed by atoms with Gasteiger partial charge in [0.15, 0.2) is 0 Å². The molecule has 1 aliphatic heterocycles. The van der Waals surface area contributed by atoms with Crippen LogP contribution in [0.1, 0.15) is 44.9 Å². The first-order valence-corrected chi connectivity index (χ1v) is 13.7. The number of hydrazine groups is 1. The maximum absolute atomic E-state index is 13.1. The summed E-state index contributed by atoms with van der Waals surface area (Å²) in [4.78, 5) is 25.8. The fourth-order valence-electron chi connectivity index (χ4n) is 5.73. The van der Waals surface area contributed by atoms with E-state index in [9.17, 15) is 31.2 Å². The van der Waals surface area contributed by atoms with Crippen molar-refractivity contribution in [2.24, 2.45) is 18.9 Å². The maximum Gasteiger partial charge on any atom is 0.391 e. The molecule has 198 valence electrons. The number of nitrogens with one attached hydrogen (secondary N) is 3. The van der Waals surface area contributed by atoms with Crippen LogP contribution in [-0.2, 0) is 17.1 Å². The second-order valence-electron chi connectivity index (χ2n) is 9.93. The first-order valence-electron chi connectivity index (χ1n) is 11.8. The van der Waals surface area contributed by atoms with Crippen LogP contribution in [0.25, 0.3) is 0 Å². The molecule has 2 saturated carbocycles. The Bertz CT molecular complexity index is 1130. The molecule has 3 N–H and O–H groups in total. The van der Waals surface area contributed by atoms with Crippen LogP contribution in [0.3, 0.4) is 0 Å². The van der Waals surface area contributed by atoms with E-state index in [1.165, 1.54) is 17.7 Å². The zero-order chi connectivity index (χ0) is 25.5. The largest absolute Gasteiger partial charge is 0.475 e. The van der Waals surface area contributed by atoms with Crippen LogP contribution in [0, 0.1) is 11.8 Å². The van der Waals surface area contributed by atoms with Crippen LogP contribution in [0.5, 0.6) is 5.88 Å². The van der Waals surface area contributed by atoms with Crippen molar-refractivity contribution < 1.29 is 26.3 Å². The third-order valence-electron chi connectivity index (χ3n) is 7.53. The summed E-state index contributed by atoms with van der Waals surface area (Å²) in [6.07, 6.45) is -0.536. The third kappa shape index (κ3) is 6.09. The molecule has 4 unspecified atom stereocenters. The van der Waals surface area contributed by atoms with Gasteiger partial charge in [-0.2, -0.15) is 13.2 Å². The minimum absolute atomic E-state index is 0.0247. The van der Waals surface area contributed by atoms with Gasteiger partial charge in [0, 0.05) is 31.7 Å². The Hall–Kier alpha value is -1.90. The van der Waals surface area contributed by atoms with Gasteiger partial charge in [-0.05, 0) is 50.9 Å². The van der Waals surface area contributed by atoms with Crippen molar-refractivity contribution in [3.63, 3.8) is 0 Å². The summed E-state index contributed by atoms with van der Waals surface area (Å²) in [6, 6.07) is 0.922. The molecule has 3 fully saturated rings. The molecule has 2 aliphatic carbocycles. The molecule has 35 heavy (non-hydrogen) atoms. The van der Waals surface area contributed by atoms with E-state index >= 15 is 0 Å². The first-order chi connectivity index (χ1) is 16.3. The number of fused-ring (bicyclic) bond motifs is 1. The van der Waals surface area contributed by atoms with Gasteiger partial charge in [-0.3, -0.25) is 14.3 Å². The summed E-state index contributed by atoms with van der Waals surface area (Å²) in [5.74, 6) is -1.15. The van der Waals surface area contributed by atoms with E-state index in [1.807, 2.05) is 0 Å². The molecule has 3 aliphatic rings. The van der Waals surface area contributed by atoms with Crippen molar-refractivity contribution in [3.8, 4) is 5.88 Å². The minimum Gasteiger partial charge on any atom is -0.475 e. The van der Waals surface area contributed by atoms with Crippen LogP contribution in [-0.4, -0.2) is 66.2 Å². The highest BCUT2D eigenvalue weighted by Crippen LogP contribution is 2.43. The Balaban J connectivity index is 1.48. The van der Waals surface area contributed by atoms with Crippen LogP contribution in [0.4, 0.5) is 13.2 Å². The molecule has 2 heterocycles. The summed E-state index contributed by atoms with van der Waals surface area (Å²) in [5, 5.41) is 2.06. The molecule has 4 rings (SSSR count). The van der Waals surface area contributed by atoms with E-state index in [-0.39, 0.29) is 55.4 Å². The lowest BCUT2D eigenvalue weighted by Gasteiger charge is -2.41. The average Bonchev–Trinajstić information content (AvgIpc) is 3.13. The Labute approximate surface area is 201 Å². The standard InChI is InChI=1S/C21H32F3N5O5S/c1-28-19(10-18(30)26-20(28)31)34-14-7-8-17-15(9-14)16(11-25-35(2,32)33)27-29(17)13-5-3-12(4-6-13)21(22,23)24/h10,12-17,25,27H,3-9,11H2,1-2H3,(H,26,30,31). The van der Waals surface area contributed by atoms with Gasteiger partial charge in [0.2, 0.25) is 15.9 Å². The zero-order valence-electron chi connectivity index (χ0n) is 19.7. The summed E-state index contributed by atoms with van der Waals surface area (Å²) in [6.45, 7) is 0.143. The molecule has 1 saturated heterocycles. The number of ether oxygens (including phenoxy) is 1. The molecular weight excluding hydrogens is 491 g/mol. The molecular formula is C21H32F3N5O5S. The molecule has 1 aromatic heterocycles. The molecule has 0 spiro atoms. The fourth-order valence-corrected chi connectivity index (χ4v) is 6.21. The lowest BCUT2D eigenvalue weighted by molar-refractivity contribution is -0.185. The highest BCUT2D eigenvalue weighted by atomic mass is 32.2. The first kappa shape index (κ1) is 26.2. The summed E-state index contributed by atoms with van der Waals surface area (Å²) >= 11 is 0. The van der Waals surface area contributed by atoms with Gasteiger partial charge >= 0.3 is 11.9 Å². The van der Waals surface area contributed by atoms with Crippen LogP contribution in [0.15, 0.2) is 15.7 Å². The smallest absolute Gasteiger partial charge is 0.391 e. The molecule has 4 atom stereocenters. The van der Waals surface area contributed by atoms with Crippen molar-refractivity contribution in [1.82, 2.24) is 24.7 Å². The molecule has 0 radical (unpaired) electrons. The maximum atomic E-state index is 13.1. The predicted octanol–water partition coefficient (Wildman–Crippen LogP) is 0.849. The number of hydrogen-bond acceptors (Lipinski definition) is 7. The fraction of sp³-hybridized carbons (Fsp3) is 0.810. The number of rotatable bonds is 6. The normalized spacial score (nSPS) is 32.4. The quantitative estimate of drug-likeness (QED) is 0.505. The predicted molar refractivity (Wildman–Crippen MR) is 121 cm³/mol. The Morgan fingerprint density at radius 2 is 1.83 bits per heavy atom. The highest BCUT2D eigenvalue weighted by Gasteiger charge is 2.49. The van der Waals surface area contributed by atoms with Gasteiger partial charge in [0.25, 0.3) is 5.56 Å². The van der Waals surface area contributed by atoms with E-state index < -0.39 is 33.4 Å². The van der Waals surface area contributed by atoms with Gasteiger partial charge in [0.1, 0.15) is 6.10 Å². The number of alkyl halides is 3. The number of halogens is 3. The minimum atomic E-state index is -4.18. The van der Waals surface area contributed by atoms with E-state index in [0.717, 1.165) is 6.26 Å². The van der Waals surface area contributed by atoms with Gasteiger partial charge in [-0.1, -0.05) is 0 Å². The second kappa shape index (κ2) is 9.87. The number of hydrogen-bond donors (Lipinski definition) is 3. The number of H-pyrrole nitrogens is 1. The summed E-state index contributed by atoms with van der Waals surface area (Å²) in [7, 11) is -1.94. The lowest BCUT2D eigenvalue weighted by Crippen LogP contribution is -2.50. The Kier molecular flexibility index (Phi) is 7.38. The molecule has 1 aromatic rings. The van der Waals surface area contributed by atoms with Crippen molar-refractivity contribution in [2.45, 2.75) is 75.4 Å². The van der Waals surface area contributed by atoms with Crippen molar-refractivity contribution in [1.29, 1.82) is 0 Å². The van der Waals surface area contributed by atoms with Crippen molar-refractivity contribution in [2.75, 3.05) is 12.8 Å². The highest BCUT2D eigenvalue weighted by molar-refractivity contribution is 7.88. The lowest BCUT2D eigenvalue weighted by atomic mass is 9.78. The molecule has 0 aromatic carbocycles. The van der Waals surface area contributed by atoms with Gasteiger partial charge < -0.3 is 4.74 Å². The number of aromatic nitrogens is 2. The van der Waals surface area contributed by atoms with E-state index in [0.29, 0.717) is 32.1 Å².